The highest BCUT2D eigenvalue weighted by Crippen LogP contribution is 2.17. The summed E-state index contributed by atoms with van der Waals surface area (Å²) in [6.45, 7) is 5.96. The zero-order chi connectivity index (χ0) is 12.1. The summed E-state index contributed by atoms with van der Waals surface area (Å²) in [6, 6.07) is 0. The average molecular weight is 226 g/mol. The first kappa shape index (κ1) is 12.7. The molecule has 0 radical (unpaired) electrons. The molecule has 0 aliphatic heterocycles. The summed E-state index contributed by atoms with van der Waals surface area (Å²) in [6.07, 6.45) is 1.61. The number of carboxylic acids is 1. The molecular weight excluding hydrogens is 208 g/mol. The molecular formula is C11H18N2O3. The van der Waals surface area contributed by atoms with E-state index < -0.39 is 5.97 Å². The van der Waals surface area contributed by atoms with Gasteiger partial charge in [-0.2, -0.15) is 4.98 Å². The van der Waals surface area contributed by atoms with Crippen LogP contribution in [-0.2, 0) is 11.2 Å². The number of carboxylic acid groups (broad SMARTS) is 1. The molecule has 0 fully saturated rings. The Kier molecular flexibility index (Phi) is 4.46. The van der Waals surface area contributed by atoms with Crippen molar-refractivity contribution >= 4 is 5.97 Å². The Bertz CT molecular complexity index is 349. The molecule has 0 amide bonds. The number of hydrogen-bond donors (Lipinski definition) is 1. The molecule has 90 valence electrons. The summed E-state index contributed by atoms with van der Waals surface area (Å²) in [5.41, 5.74) is 0. The van der Waals surface area contributed by atoms with Gasteiger partial charge in [0.2, 0.25) is 5.89 Å². The minimum Gasteiger partial charge on any atom is -0.481 e. The van der Waals surface area contributed by atoms with E-state index in [9.17, 15) is 4.79 Å². The monoisotopic (exact) mass is 226 g/mol. The maximum Gasteiger partial charge on any atom is 0.303 e. The van der Waals surface area contributed by atoms with Gasteiger partial charge in [-0.25, -0.2) is 0 Å². The van der Waals surface area contributed by atoms with Gasteiger partial charge in [-0.3, -0.25) is 4.79 Å². The minimum atomic E-state index is -0.797. The van der Waals surface area contributed by atoms with Crippen LogP contribution in [0.3, 0.4) is 0 Å². The molecule has 0 saturated heterocycles. The Balaban J connectivity index is 2.54. The van der Waals surface area contributed by atoms with Gasteiger partial charge in [0.15, 0.2) is 5.82 Å². The fourth-order valence-electron chi connectivity index (χ4n) is 1.40. The largest absolute Gasteiger partial charge is 0.481 e. The molecule has 5 nitrogen and oxygen atoms in total. The van der Waals surface area contributed by atoms with Gasteiger partial charge in [-0.1, -0.05) is 25.9 Å². The molecule has 1 N–H and O–H groups in total. The van der Waals surface area contributed by atoms with Gasteiger partial charge >= 0.3 is 5.97 Å². The Morgan fingerprint density at radius 2 is 2.19 bits per heavy atom. The van der Waals surface area contributed by atoms with Crippen LogP contribution in [0.4, 0.5) is 0 Å². The third-order valence-electron chi connectivity index (χ3n) is 2.58. The first-order valence-electron chi connectivity index (χ1n) is 5.57. The molecule has 0 spiro atoms. The van der Waals surface area contributed by atoms with Gasteiger partial charge in [-0.15, -0.1) is 0 Å². The van der Waals surface area contributed by atoms with Crippen molar-refractivity contribution in [3.8, 4) is 0 Å². The molecule has 0 saturated carbocycles. The second kappa shape index (κ2) is 5.63. The molecule has 1 heterocycles. The molecule has 0 aliphatic carbocycles. The van der Waals surface area contributed by atoms with E-state index in [2.05, 4.69) is 17.1 Å². The SMILES string of the molecule is CCC(C)c1noc(CC(C)CC(=O)O)n1. The third-order valence-corrected chi connectivity index (χ3v) is 2.58. The van der Waals surface area contributed by atoms with Crippen LogP contribution in [0, 0.1) is 5.92 Å². The van der Waals surface area contributed by atoms with E-state index in [1.165, 1.54) is 0 Å². The lowest BCUT2D eigenvalue weighted by Gasteiger charge is -2.03. The molecule has 5 heteroatoms. The minimum absolute atomic E-state index is 0.0164. The Morgan fingerprint density at radius 3 is 2.75 bits per heavy atom. The molecule has 2 unspecified atom stereocenters. The van der Waals surface area contributed by atoms with Gasteiger partial charge in [0.1, 0.15) is 0 Å². The number of nitrogens with zero attached hydrogens (tertiary/aromatic N) is 2. The normalized spacial score (nSPS) is 14.7. The van der Waals surface area contributed by atoms with Crippen LogP contribution in [0.15, 0.2) is 4.52 Å². The Morgan fingerprint density at radius 1 is 1.50 bits per heavy atom. The fourth-order valence-corrected chi connectivity index (χ4v) is 1.40. The highest BCUT2D eigenvalue weighted by molar-refractivity contribution is 5.66. The number of aliphatic carboxylic acids is 1. The van der Waals surface area contributed by atoms with Crippen LogP contribution < -0.4 is 0 Å². The smallest absolute Gasteiger partial charge is 0.303 e. The lowest BCUT2D eigenvalue weighted by molar-refractivity contribution is -0.137. The average Bonchev–Trinajstić information content (AvgIpc) is 2.63. The van der Waals surface area contributed by atoms with E-state index in [1.807, 2.05) is 13.8 Å². The first-order chi connectivity index (χ1) is 7.52. The standard InChI is InChI=1S/C11H18N2O3/c1-4-8(3)11-12-9(16-13-11)5-7(2)6-10(14)15/h7-8H,4-6H2,1-3H3,(H,14,15). The van der Waals surface area contributed by atoms with Crippen molar-refractivity contribution in [1.82, 2.24) is 10.1 Å². The third kappa shape index (κ3) is 3.64. The van der Waals surface area contributed by atoms with Crippen LogP contribution in [0.25, 0.3) is 0 Å². The lowest BCUT2D eigenvalue weighted by atomic mass is 10.0. The van der Waals surface area contributed by atoms with Crippen LogP contribution in [0.5, 0.6) is 0 Å². The molecule has 0 aromatic carbocycles. The van der Waals surface area contributed by atoms with Crippen LogP contribution in [0.2, 0.25) is 0 Å². The van der Waals surface area contributed by atoms with Crippen LogP contribution in [-0.4, -0.2) is 21.2 Å². The van der Waals surface area contributed by atoms with Crippen LogP contribution in [0.1, 0.15) is 51.2 Å². The Labute approximate surface area is 94.9 Å². The van der Waals surface area contributed by atoms with Gasteiger partial charge in [0.25, 0.3) is 0 Å². The van der Waals surface area contributed by atoms with Crippen LogP contribution >= 0.6 is 0 Å². The molecule has 16 heavy (non-hydrogen) atoms. The first-order valence-corrected chi connectivity index (χ1v) is 5.57. The molecule has 0 bridgehead atoms. The van der Waals surface area contributed by atoms with Crippen molar-refractivity contribution < 1.29 is 14.4 Å². The maximum absolute atomic E-state index is 10.5. The summed E-state index contributed by atoms with van der Waals surface area (Å²) < 4.78 is 5.09. The summed E-state index contributed by atoms with van der Waals surface area (Å²) in [4.78, 5) is 14.8. The summed E-state index contributed by atoms with van der Waals surface area (Å²) in [5, 5.41) is 12.5. The van der Waals surface area contributed by atoms with E-state index in [1.54, 1.807) is 0 Å². The van der Waals surface area contributed by atoms with E-state index in [0.29, 0.717) is 18.1 Å². The van der Waals surface area contributed by atoms with Gasteiger partial charge in [0.05, 0.1) is 0 Å². The van der Waals surface area contributed by atoms with Crippen molar-refractivity contribution in [2.45, 2.75) is 46.0 Å². The molecule has 1 aromatic rings. The fraction of sp³-hybridized carbons (Fsp3) is 0.727. The van der Waals surface area contributed by atoms with Crippen molar-refractivity contribution in [2.24, 2.45) is 5.92 Å². The zero-order valence-electron chi connectivity index (χ0n) is 9.93. The predicted molar refractivity (Wildman–Crippen MR) is 58.1 cm³/mol. The predicted octanol–water partition coefficient (Wildman–Crippen LogP) is 2.24. The molecule has 0 aliphatic rings. The van der Waals surface area contributed by atoms with Crippen molar-refractivity contribution in [1.29, 1.82) is 0 Å². The number of hydrogen-bond acceptors (Lipinski definition) is 4. The number of carbonyl (C=O) groups is 1. The van der Waals surface area contributed by atoms with Crippen molar-refractivity contribution in [3.05, 3.63) is 11.7 Å². The maximum atomic E-state index is 10.5. The van der Waals surface area contributed by atoms with E-state index in [4.69, 9.17) is 9.63 Å². The summed E-state index contributed by atoms with van der Waals surface area (Å²) in [7, 11) is 0. The number of rotatable bonds is 6. The van der Waals surface area contributed by atoms with E-state index >= 15 is 0 Å². The van der Waals surface area contributed by atoms with Crippen molar-refractivity contribution in [2.75, 3.05) is 0 Å². The van der Waals surface area contributed by atoms with Gasteiger partial charge < -0.3 is 9.63 Å². The molecule has 1 aromatic heterocycles. The van der Waals surface area contributed by atoms with E-state index in [0.717, 1.165) is 6.42 Å². The highest BCUT2D eigenvalue weighted by Gasteiger charge is 2.15. The van der Waals surface area contributed by atoms with Gasteiger partial charge in [-0.05, 0) is 12.3 Å². The quantitative estimate of drug-likeness (QED) is 0.804. The second-order valence-electron chi connectivity index (χ2n) is 4.26. The lowest BCUT2D eigenvalue weighted by Crippen LogP contribution is -2.07. The zero-order valence-corrected chi connectivity index (χ0v) is 9.93. The van der Waals surface area contributed by atoms with E-state index in [-0.39, 0.29) is 18.3 Å². The molecule has 1 rings (SSSR count). The topological polar surface area (TPSA) is 76.2 Å². The number of aromatic nitrogens is 2. The Hall–Kier alpha value is -1.39. The summed E-state index contributed by atoms with van der Waals surface area (Å²) in [5.74, 6) is 0.744. The highest BCUT2D eigenvalue weighted by atomic mass is 16.5. The van der Waals surface area contributed by atoms with Crippen molar-refractivity contribution in [3.63, 3.8) is 0 Å². The molecule has 2 atom stereocenters. The summed E-state index contributed by atoms with van der Waals surface area (Å²) >= 11 is 0. The second-order valence-corrected chi connectivity index (χ2v) is 4.26. The van der Waals surface area contributed by atoms with Gasteiger partial charge in [0, 0.05) is 18.8 Å².